The Bertz CT molecular complexity index is 299. The van der Waals surface area contributed by atoms with E-state index in [4.69, 9.17) is 0 Å². The minimum Gasteiger partial charge on any atom is -0.310 e. The Morgan fingerprint density at radius 3 is 2.39 bits per heavy atom. The largest absolute Gasteiger partial charge is 0.310 e. The smallest absolute Gasteiger partial charge is 0.131 e. The average Bonchev–Trinajstić information content (AvgIpc) is 2.82. The van der Waals surface area contributed by atoms with Gasteiger partial charge in [-0.3, -0.25) is 0 Å². The highest BCUT2D eigenvalue weighted by Gasteiger charge is 2.03. The summed E-state index contributed by atoms with van der Waals surface area (Å²) < 4.78 is 0. The molecule has 0 fully saturated rings. The van der Waals surface area contributed by atoms with Gasteiger partial charge in [-0.15, -0.1) is 21.5 Å². The Morgan fingerprint density at radius 1 is 0.889 bits per heavy atom. The van der Waals surface area contributed by atoms with Crippen LogP contribution in [0.15, 0.2) is 0 Å². The molecule has 1 aromatic heterocycles. The molecule has 0 saturated heterocycles. The highest BCUT2D eigenvalue weighted by atomic mass is 32.1. The minimum atomic E-state index is 0.877. The molecule has 104 valence electrons. The van der Waals surface area contributed by atoms with Gasteiger partial charge in [0, 0.05) is 13.0 Å². The SMILES string of the molecule is CCCCCCCCc1nnc(CNCCC)s1. The van der Waals surface area contributed by atoms with Crippen molar-refractivity contribution in [3.05, 3.63) is 10.0 Å². The fraction of sp³-hybridized carbons (Fsp3) is 0.857. The van der Waals surface area contributed by atoms with Crippen molar-refractivity contribution >= 4 is 11.3 Å². The van der Waals surface area contributed by atoms with Gasteiger partial charge in [-0.2, -0.15) is 0 Å². The highest BCUT2D eigenvalue weighted by molar-refractivity contribution is 7.11. The maximum atomic E-state index is 4.26. The number of rotatable bonds is 11. The zero-order valence-electron chi connectivity index (χ0n) is 11.9. The van der Waals surface area contributed by atoms with Gasteiger partial charge in [0.15, 0.2) is 0 Å². The Kier molecular flexibility index (Phi) is 9.04. The molecule has 0 spiro atoms. The Labute approximate surface area is 115 Å². The topological polar surface area (TPSA) is 37.8 Å². The third kappa shape index (κ3) is 7.07. The van der Waals surface area contributed by atoms with Crippen molar-refractivity contribution in [2.24, 2.45) is 0 Å². The minimum absolute atomic E-state index is 0.877. The van der Waals surface area contributed by atoms with Crippen molar-refractivity contribution in [1.82, 2.24) is 15.5 Å². The molecule has 0 aliphatic heterocycles. The van der Waals surface area contributed by atoms with Crippen molar-refractivity contribution in [2.75, 3.05) is 6.54 Å². The number of nitrogens with one attached hydrogen (secondary N) is 1. The van der Waals surface area contributed by atoms with E-state index in [0.717, 1.165) is 24.5 Å². The van der Waals surface area contributed by atoms with Crippen molar-refractivity contribution in [3.63, 3.8) is 0 Å². The monoisotopic (exact) mass is 269 g/mol. The van der Waals surface area contributed by atoms with Crippen LogP contribution in [-0.4, -0.2) is 16.7 Å². The molecule has 0 bridgehead atoms. The molecular formula is C14H27N3S. The number of hydrogen-bond donors (Lipinski definition) is 1. The molecule has 1 N–H and O–H groups in total. The van der Waals surface area contributed by atoms with Crippen LogP contribution < -0.4 is 5.32 Å². The summed E-state index contributed by atoms with van der Waals surface area (Å²) in [6.07, 6.45) is 10.3. The number of aryl methyl sites for hydroxylation is 1. The van der Waals surface area contributed by atoms with E-state index in [9.17, 15) is 0 Å². The molecule has 0 aromatic carbocycles. The van der Waals surface area contributed by atoms with E-state index in [-0.39, 0.29) is 0 Å². The lowest BCUT2D eigenvalue weighted by Crippen LogP contribution is -2.13. The van der Waals surface area contributed by atoms with Crippen LogP contribution >= 0.6 is 11.3 Å². The quantitative estimate of drug-likeness (QED) is 0.618. The molecule has 3 nitrogen and oxygen atoms in total. The van der Waals surface area contributed by atoms with E-state index < -0.39 is 0 Å². The molecule has 1 aromatic rings. The van der Waals surface area contributed by atoms with Crippen LogP contribution in [0.1, 0.15) is 68.8 Å². The van der Waals surface area contributed by atoms with Crippen molar-refractivity contribution in [3.8, 4) is 0 Å². The van der Waals surface area contributed by atoms with Gasteiger partial charge in [0.05, 0.1) is 0 Å². The predicted octanol–water partition coefficient (Wildman–Crippen LogP) is 3.94. The summed E-state index contributed by atoms with van der Waals surface area (Å²) in [4.78, 5) is 0. The molecule has 0 amide bonds. The van der Waals surface area contributed by atoms with Gasteiger partial charge >= 0.3 is 0 Å². The zero-order valence-corrected chi connectivity index (χ0v) is 12.7. The first-order valence-corrected chi connectivity index (χ1v) is 8.20. The number of hydrogen-bond acceptors (Lipinski definition) is 4. The van der Waals surface area contributed by atoms with Crippen molar-refractivity contribution in [1.29, 1.82) is 0 Å². The average molecular weight is 269 g/mol. The van der Waals surface area contributed by atoms with Crippen LogP contribution in [0.4, 0.5) is 0 Å². The summed E-state index contributed by atoms with van der Waals surface area (Å²) in [7, 11) is 0. The third-order valence-corrected chi connectivity index (χ3v) is 3.94. The fourth-order valence-electron chi connectivity index (χ4n) is 1.89. The van der Waals surface area contributed by atoms with Gasteiger partial charge in [0.25, 0.3) is 0 Å². The second kappa shape index (κ2) is 10.4. The highest BCUT2D eigenvalue weighted by Crippen LogP contribution is 2.14. The van der Waals surface area contributed by atoms with Crippen molar-refractivity contribution < 1.29 is 0 Å². The first-order chi connectivity index (χ1) is 8.86. The second-order valence-electron chi connectivity index (χ2n) is 4.78. The summed E-state index contributed by atoms with van der Waals surface area (Å²) in [5.74, 6) is 0. The number of aromatic nitrogens is 2. The van der Waals surface area contributed by atoms with Crippen LogP contribution in [0, 0.1) is 0 Å². The third-order valence-electron chi connectivity index (χ3n) is 2.96. The molecule has 0 unspecified atom stereocenters. The lowest BCUT2D eigenvalue weighted by molar-refractivity contribution is 0.605. The molecule has 18 heavy (non-hydrogen) atoms. The molecular weight excluding hydrogens is 242 g/mol. The molecule has 0 aliphatic rings. The fourth-order valence-corrected chi connectivity index (χ4v) is 2.75. The van der Waals surface area contributed by atoms with Crippen LogP contribution in [0.3, 0.4) is 0 Å². The van der Waals surface area contributed by atoms with Gasteiger partial charge in [0.1, 0.15) is 10.0 Å². The predicted molar refractivity (Wildman–Crippen MR) is 79.0 cm³/mol. The summed E-state index contributed by atoms with van der Waals surface area (Å²) in [6.45, 7) is 6.38. The van der Waals surface area contributed by atoms with Crippen LogP contribution in [0.2, 0.25) is 0 Å². The summed E-state index contributed by atoms with van der Waals surface area (Å²) in [6, 6.07) is 0. The van der Waals surface area contributed by atoms with E-state index in [1.807, 2.05) is 0 Å². The molecule has 0 atom stereocenters. The molecule has 1 rings (SSSR count). The Balaban J connectivity index is 2.07. The molecule has 4 heteroatoms. The molecule has 1 heterocycles. The van der Waals surface area contributed by atoms with E-state index >= 15 is 0 Å². The summed E-state index contributed by atoms with van der Waals surface area (Å²) >= 11 is 1.77. The standard InChI is InChI=1S/C14H27N3S/c1-3-5-6-7-8-9-10-13-16-17-14(18-13)12-15-11-4-2/h15H,3-12H2,1-2H3. The van der Waals surface area contributed by atoms with Gasteiger partial charge in [-0.05, 0) is 19.4 Å². The first kappa shape index (κ1) is 15.6. The Hall–Kier alpha value is -0.480. The number of nitrogens with zero attached hydrogens (tertiary/aromatic N) is 2. The summed E-state index contributed by atoms with van der Waals surface area (Å²) in [5.41, 5.74) is 0. The first-order valence-electron chi connectivity index (χ1n) is 7.38. The summed E-state index contributed by atoms with van der Waals surface area (Å²) in [5, 5.41) is 14.2. The maximum absolute atomic E-state index is 4.26. The van der Waals surface area contributed by atoms with E-state index in [2.05, 4.69) is 29.4 Å². The molecule has 0 aliphatic carbocycles. The maximum Gasteiger partial charge on any atom is 0.131 e. The van der Waals surface area contributed by atoms with Crippen LogP contribution in [-0.2, 0) is 13.0 Å². The van der Waals surface area contributed by atoms with E-state index in [0.29, 0.717) is 0 Å². The Morgan fingerprint density at radius 2 is 1.61 bits per heavy atom. The van der Waals surface area contributed by atoms with Crippen molar-refractivity contribution in [2.45, 2.75) is 71.8 Å². The lowest BCUT2D eigenvalue weighted by Gasteiger charge is -1.98. The van der Waals surface area contributed by atoms with Gasteiger partial charge in [-0.25, -0.2) is 0 Å². The lowest BCUT2D eigenvalue weighted by atomic mass is 10.1. The van der Waals surface area contributed by atoms with Crippen LogP contribution in [0.5, 0.6) is 0 Å². The second-order valence-corrected chi connectivity index (χ2v) is 5.93. The molecule has 0 radical (unpaired) electrons. The van der Waals surface area contributed by atoms with Gasteiger partial charge in [-0.1, -0.05) is 46.0 Å². The zero-order chi connectivity index (χ0) is 13.1. The van der Waals surface area contributed by atoms with Crippen LogP contribution in [0.25, 0.3) is 0 Å². The molecule has 0 saturated carbocycles. The van der Waals surface area contributed by atoms with Gasteiger partial charge < -0.3 is 5.32 Å². The van der Waals surface area contributed by atoms with E-state index in [1.165, 1.54) is 50.0 Å². The van der Waals surface area contributed by atoms with Gasteiger partial charge in [0.2, 0.25) is 0 Å². The van der Waals surface area contributed by atoms with E-state index in [1.54, 1.807) is 11.3 Å². The normalized spacial score (nSPS) is 11.0. The number of unbranched alkanes of at least 4 members (excludes halogenated alkanes) is 5.